The first kappa shape index (κ1) is 20.1. The molecule has 0 aromatic heterocycles. The highest BCUT2D eigenvalue weighted by molar-refractivity contribution is 6.21. The molecule has 1 heterocycles. The molecule has 3 rings (SSSR count). The van der Waals surface area contributed by atoms with Crippen LogP contribution in [-0.4, -0.2) is 48.3 Å². The summed E-state index contributed by atoms with van der Waals surface area (Å²) in [6.07, 6.45) is 0.536. The number of anilines is 1. The third-order valence-electron chi connectivity index (χ3n) is 4.72. The molecule has 0 radical (unpaired) electrons. The molecule has 1 aliphatic rings. The predicted octanol–water partition coefficient (Wildman–Crippen LogP) is 1.62. The lowest BCUT2D eigenvalue weighted by Crippen LogP contribution is -2.42. The minimum absolute atomic E-state index is 0.136. The fourth-order valence-electron chi connectivity index (χ4n) is 3.16. The molecule has 8 heteroatoms. The van der Waals surface area contributed by atoms with Gasteiger partial charge < -0.3 is 15.8 Å². The van der Waals surface area contributed by atoms with Gasteiger partial charge in [-0.2, -0.15) is 0 Å². The number of amides is 3. The summed E-state index contributed by atoms with van der Waals surface area (Å²) in [5.74, 6) is -1.76. The van der Waals surface area contributed by atoms with Gasteiger partial charge in [-0.05, 0) is 49.2 Å². The number of imide groups is 1. The van der Waals surface area contributed by atoms with E-state index in [1.54, 1.807) is 48.5 Å². The molecule has 3 amide bonds. The number of nitrogen functional groups attached to an aromatic ring is 1. The highest BCUT2D eigenvalue weighted by Crippen LogP contribution is 2.22. The van der Waals surface area contributed by atoms with Crippen LogP contribution in [0.4, 0.5) is 5.69 Å². The Balaban J connectivity index is 1.61. The van der Waals surface area contributed by atoms with E-state index in [9.17, 15) is 19.2 Å². The Morgan fingerprint density at radius 3 is 2.17 bits per heavy atom. The molecule has 2 aromatic carbocycles. The highest BCUT2D eigenvalue weighted by Gasteiger charge is 2.35. The van der Waals surface area contributed by atoms with E-state index in [2.05, 4.69) is 5.32 Å². The smallest absolute Gasteiger partial charge is 0.328 e. The van der Waals surface area contributed by atoms with Crippen LogP contribution in [0, 0.1) is 0 Å². The van der Waals surface area contributed by atoms with Crippen LogP contribution < -0.4 is 11.1 Å². The lowest BCUT2D eigenvalue weighted by molar-refractivity contribution is -0.143. The molecular weight excluding hydrogens is 374 g/mol. The molecule has 1 aliphatic heterocycles. The van der Waals surface area contributed by atoms with Crippen molar-refractivity contribution in [1.82, 2.24) is 10.2 Å². The number of hydrogen-bond donors (Lipinski definition) is 2. The molecule has 0 aliphatic carbocycles. The second-order valence-corrected chi connectivity index (χ2v) is 6.62. The van der Waals surface area contributed by atoms with Gasteiger partial charge in [-0.3, -0.25) is 19.3 Å². The Morgan fingerprint density at radius 2 is 1.62 bits per heavy atom. The SMILES string of the molecule is COC(=O)C(CCCN1C(=O)c2ccccc2C1=O)NC(=O)c1ccc(N)cc1. The Kier molecular flexibility index (Phi) is 5.92. The molecule has 1 atom stereocenters. The van der Waals surface area contributed by atoms with E-state index in [4.69, 9.17) is 10.5 Å². The van der Waals surface area contributed by atoms with Crippen molar-refractivity contribution >= 4 is 29.4 Å². The Labute approximate surface area is 167 Å². The van der Waals surface area contributed by atoms with Gasteiger partial charge in [-0.25, -0.2) is 4.79 Å². The summed E-state index contributed by atoms with van der Waals surface area (Å²) in [6, 6.07) is 12.0. The number of nitrogens with zero attached hydrogens (tertiary/aromatic N) is 1. The zero-order valence-electron chi connectivity index (χ0n) is 15.9. The first-order valence-electron chi connectivity index (χ1n) is 9.12. The van der Waals surface area contributed by atoms with Crippen LogP contribution in [0.2, 0.25) is 0 Å². The number of fused-ring (bicyclic) bond motifs is 1. The molecule has 1 unspecified atom stereocenters. The van der Waals surface area contributed by atoms with E-state index in [1.165, 1.54) is 7.11 Å². The maximum Gasteiger partial charge on any atom is 0.328 e. The molecule has 0 spiro atoms. The van der Waals surface area contributed by atoms with Crippen LogP contribution in [0.15, 0.2) is 48.5 Å². The highest BCUT2D eigenvalue weighted by atomic mass is 16.5. The number of methoxy groups -OCH3 is 1. The number of ether oxygens (including phenoxy) is 1. The number of benzene rings is 2. The summed E-state index contributed by atoms with van der Waals surface area (Å²) in [5, 5.41) is 2.63. The maximum atomic E-state index is 12.4. The van der Waals surface area contributed by atoms with E-state index in [0.717, 1.165) is 4.90 Å². The summed E-state index contributed by atoms with van der Waals surface area (Å²) in [5.41, 5.74) is 7.23. The van der Waals surface area contributed by atoms with Crippen molar-refractivity contribution in [2.24, 2.45) is 0 Å². The van der Waals surface area contributed by atoms with Gasteiger partial charge in [0.15, 0.2) is 0 Å². The molecule has 0 saturated carbocycles. The number of nitrogens with two attached hydrogens (primary N) is 1. The molecule has 29 heavy (non-hydrogen) atoms. The fraction of sp³-hybridized carbons (Fsp3) is 0.238. The van der Waals surface area contributed by atoms with Crippen LogP contribution in [-0.2, 0) is 9.53 Å². The molecule has 0 fully saturated rings. The number of rotatable bonds is 7. The third-order valence-corrected chi connectivity index (χ3v) is 4.72. The van der Waals surface area contributed by atoms with E-state index in [0.29, 0.717) is 28.8 Å². The Bertz CT molecular complexity index is 920. The first-order chi connectivity index (χ1) is 13.9. The molecule has 150 valence electrons. The van der Waals surface area contributed by atoms with E-state index in [1.807, 2.05) is 0 Å². The van der Waals surface area contributed by atoms with Crippen molar-refractivity contribution in [1.29, 1.82) is 0 Å². The van der Waals surface area contributed by atoms with Gasteiger partial charge in [0, 0.05) is 17.8 Å². The van der Waals surface area contributed by atoms with Gasteiger partial charge in [0.1, 0.15) is 6.04 Å². The maximum absolute atomic E-state index is 12.4. The van der Waals surface area contributed by atoms with Gasteiger partial charge in [0.05, 0.1) is 18.2 Å². The van der Waals surface area contributed by atoms with Gasteiger partial charge >= 0.3 is 5.97 Å². The minimum atomic E-state index is -0.903. The molecule has 8 nitrogen and oxygen atoms in total. The monoisotopic (exact) mass is 395 g/mol. The third kappa shape index (κ3) is 4.26. The fourth-order valence-corrected chi connectivity index (χ4v) is 3.16. The van der Waals surface area contributed by atoms with E-state index < -0.39 is 17.9 Å². The molecule has 2 aromatic rings. The van der Waals surface area contributed by atoms with Crippen LogP contribution in [0.3, 0.4) is 0 Å². The van der Waals surface area contributed by atoms with Crippen LogP contribution in [0.25, 0.3) is 0 Å². The van der Waals surface area contributed by atoms with Crippen LogP contribution in [0.5, 0.6) is 0 Å². The van der Waals surface area contributed by atoms with Gasteiger partial charge in [-0.15, -0.1) is 0 Å². The number of carbonyl (C=O) groups is 4. The van der Waals surface area contributed by atoms with Gasteiger partial charge in [0.25, 0.3) is 17.7 Å². The van der Waals surface area contributed by atoms with Crippen molar-refractivity contribution in [2.75, 3.05) is 19.4 Å². The normalized spacial score (nSPS) is 13.8. The summed E-state index contributed by atoms with van der Waals surface area (Å²) in [6.45, 7) is 0.136. The molecule has 3 N–H and O–H groups in total. The van der Waals surface area contributed by atoms with Crippen LogP contribution >= 0.6 is 0 Å². The number of nitrogens with one attached hydrogen (secondary N) is 1. The number of carbonyl (C=O) groups excluding carboxylic acids is 4. The summed E-state index contributed by atoms with van der Waals surface area (Å²) < 4.78 is 4.76. The summed E-state index contributed by atoms with van der Waals surface area (Å²) >= 11 is 0. The second-order valence-electron chi connectivity index (χ2n) is 6.62. The zero-order valence-corrected chi connectivity index (χ0v) is 15.9. The first-order valence-corrected chi connectivity index (χ1v) is 9.12. The Hall–Kier alpha value is -3.68. The summed E-state index contributed by atoms with van der Waals surface area (Å²) in [7, 11) is 1.23. The van der Waals surface area contributed by atoms with Gasteiger partial charge in [-0.1, -0.05) is 12.1 Å². The van der Waals surface area contributed by atoms with E-state index >= 15 is 0 Å². The lowest BCUT2D eigenvalue weighted by Gasteiger charge is -2.18. The average Bonchev–Trinajstić information content (AvgIpc) is 2.97. The topological polar surface area (TPSA) is 119 Å². The number of esters is 1. The van der Waals surface area contributed by atoms with Crippen molar-refractivity contribution in [3.05, 3.63) is 65.2 Å². The molecule has 0 bridgehead atoms. The van der Waals surface area contributed by atoms with Crippen molar-refractivity contribution in [3.8, 4) is 0 Å². The average molecular weight is 395 g/mol. The quantitative estimate of drug-likeness (QED) is 0.418. The summed E-state index contributed by atoms with van der Waals surface area (Å²) in [4.78, 5) is 50.4. The molecular formula is C21H21N3O5. The zero-order chi connectivity index (χ0) is 21.0. The second kappa shape index (κ2) is 8.55. The van der Waals surface area contributed by atoms with Crippen molar-refractivity contribution < 1.29 is 23.9 Å². The predicted molar refractivity (Wildman–Crippen MR) is 105 cm³/mol. The minimum Gasteiger partial charge on any atom is -0.467 e. The van der Waals surface area contributed by atoms with Gasteiger partial charge in [0.2, 0.25) is 0 Å². The Morgan fingerprint density at radius 1 is 1.03 bits per heavy atom. The largest absolute Gasteiger partial charge is 0.467 e. The standard InChI is InChI=1S/C21H21N3O5/c1-29-21(28)17(23-18(25)13-8-10-14(22)11-9-13)7-4-12-24-19(26)15-5-2-3-6-16(15)20(24)27/h2-3,5-6,8-11,17H,4,7,12,22H2,1H3,(H,23,25). The number of hydrogen-bond acceptors (Lipinski definition) is 6. The molecule has 0 saturated heterocycles. The lowest BCUT2D eigenvalue weighted by atomic mass is 10.1. The van der Waals surface area contributed by atoms with Crippen molar-refractivity contribution in [2.45, 2.75) is 18.9 Å². The van der Waals surface area contributed by atoms with Crippen LogP contribution in [0.1, 0.15) is 43.9 Å². The van der Waals surface area contributed by atoms with E-state index in [-0.39, 0.29) is 24.8 Å². The van der Waals surface area contributed by atoms with Crippen molar-refractivity contribution in [3.63, 3.8) is 0 Å².